The topological polar surface area (TPSA) is 55.1 Å². The van der Waals surface area contributed by atoms with Crippen molar-refractivity contribution in [2.24, 2.45) is 5.73 Å². The highest BCUT2D eigenvalue weighted by atomic mass is 16.1. The van der Waals surface area contributed by atoms with E-state index >= 15 is 0 Å². The van der Waals surface area contributed by atoms with Gasteiger partial charge in [-0.2, -0.15) is 0 Å². The van der Waals surface area contributed by atoms with E-state index < -0.39 is 0 Å². The molecule has 0 aliphatic heterocycles. The van der Waals surface area contributed by atoms with Gasteiger partial charge in [0.1, 0.15) is 0 Å². The van der Waals surface area contributed by atoms with E-state index in [-0.39, 0.29) is 11.4 Å². The van der Waals surface area contributed by atoms with E-state index in [2.05, 4.69) is 24.1 Å². The van der Waals surface area contributed by atoms with Crippen LogP contribution in [-0.2, 0) is 0 Å². The molecule has 1 saturated carbocycles. The second-order valence-corrected chi connectivity index (χ2v) is 5.46. The van der Waals surface area contributed by atoms with Crippen LogP contribution in [0.5, 0.6) is 0 Å². The van der Waals surface area contributed by atoms with Gasteiger partial charge in [-0.05, 0) is 56.9 Å². The molecule has 3 heteroatoms. The summed E-state index contributed by atoms with van der Waals surface area (Å²) in [5, 5.41) is 3.11. The standard InChI is InChI=1S/C16H20N2O/c1-12-9-13(5-3-8-17)11-14(10-12)15(19)18-16(2)6-4-7-16/h9-11H,4,6-8,17H2,1-2H3,(H,18,19). The molecule has 100 valence electrons. The summed E-state index contributed by atoms with van der Waals surface area (Å²) in [4.78, 5) is 12.2. The molecule has 1 aromatic rings. The third kappa shape index (κ3) is 3.36. The molecule has 0 bridgehead atoms. The van der Waals surface area contributed by atoms with Crippen LogP contribution in [-0.4, -0.2) is 18.0 Å². The van der Waals surface area contributed by atoms with Crippen LogP contribution >= 0.6 is 0 Å². The summed E-state index contributed by atoms with van der Waals surface area (Å²) in [6, 6.07) is 5.68. The molecular formula is C16H20N2O. The van der Waals surface area contributed by atoms with Crippen molar-refractivity contribution >= 4 is 5.91 Å². The molecule has 1 aliphatic rings. The smallest absolute Gasteiger partial charge is 0.251 e. The third-order valence-electron chi connectivity index (χ3n) is 3.55. The Labute approximate surface area is 114 Å². The highest BCUT2D eigenvalue weighted by Gasteiger charge is 2.33. The van der Waals surface area contributed by atoms with Crippen LogP contribution in [0.3, 0.4) is 0 Å². The molecule has 1 amide bonds. The maximum absolute atomic E-state index is 12.2. The van der Waals surface area contributed by atoms with Gasteiger partial charge in [0, 0.05) is 16.7 Å². The van der Waals surface area contributed by atoms with Crippen LogP contribution in [0, 0.1) is 18.8 Å². The van der Waals surface area contributed by atoms with Crippen molar-refractivity contribution in [2.45, 2.75) is 38.6 Å². The van der Waals surface area contributed by atoms with Gasteiger partial charge in [0.05, 0.1) is 6.54 Å². The van der Waals surface area contributed by atoms with Crippen LogP contribution in [0.1, 0.15) is 47.7 Å². The Morgan fingerprint density at radius 1 is 1.42 bits per heavy atom. The van der Waals surface area contributed by atoms with Gasteiger partial charge in [-0.25, -0.2) is 0 Å². The number of benzene rings is 1. The predicted octanol–water partition coefficient (Wildman–Crippen LogP) is 1.98. The van der Waals surface area contributed by atoms with Gasteiger partial charge in [-0.3, -0.25) is 4.79 Å². The van der Waals surface area contributed by atoms with Crippen LogP contribution in [0.2, 0.25) is 0 Å². The van der Waals surface area contributed by atoms with E-state index in [4.69, 9.17) is 5.73 Å². The number of rotatable bonds is 2. The molecule has 19 heavy (non-hydrogen) atoms. The molecule has 3 N–H and O–H groups in total. The monoisotopic (exact) mass is 256 g/mol. The van der Waals surface area contributed by atoms with Crippen molar-refractivity contribution in [3.63, 3.8) is 0 Å². The third-order valence-corrected chi connectivity index (χ3v) is 3.55. The second kappa shape index (κ2) is 5.46. The molecule has 2 rings (SSSR count). The predicted molar refractivity (Wildman–Crippen MR) is 76.8 cm³/mol. The minimum atomic E-state index is -0.0239. The van der Waals surface area contributed by atoms with E-state index in [1.807, 2.05) is 25.1 Å². The number of nitrogens with two attached hydrogens (primary N) is 1. The van der Waals surface area contributed by atoms with Crippen molar-refractivity contribution in [1.29, 1.82) is 0 Å². The first-order valence-corrected chi connectivity index (χ1v) is 6.66. The molecular weight excluding hydrogens is 236 g/mol. The number of amides is 1. The molecule has 0 aromatic heterocycles. The van der Waals surface area contributed by atoms with E-state index in [0.717, 1.165) is 24.0 Å². The Balaban J connectivity index is 2.19. The average molecular weight is 256 g/mol. The number of hydrogen-bond donors (Lipinski definition) is 2. The molecule has 1 aromatic carbocycles. The van der Waals surface area contributed by atoms with E-state index in [9.17, 15) is 4.79 Å². The van der Waals surface area contributed by atoms with Crippen LogP contribution < -0.4 is 11.1 Å². The van der Waals surface area contributed by atoms with Crippen molar-refractivity contribution in [2.75, 3.05) is 6.54 Å². The minimum absolute atomic E-state index is 0.0123. The first-order valence-electron chi connectivity index (χ1n) is 6.66. The SMILES string of the molecule is Cc1cc(C#CCN)cc(C(=O)NC2(C)CCC2)c1. The molecule has 0 radical (unpaired) electrons. The van der Waals surface area contributed by atoms with Gasteiger partial charge in [0.25, 0.3) is 5.91 Å². The lowest BCUT2D eigenvalue weighted by molar-refractivity contribution is 0.0850. The van der Waals surface area contributed by atoms with E-state index in [1.165, 1.54) is 6.42 Å². The number of carbonyl (C=O) groups is 1. The highest BCUT2D eigenvalue weighted by Crippen LogP contribution is 2.31. The fourth-order valence-corrected chi connectivity index (χ4v) is 2.32. The molecule has 0 spiro atoms. The largest absolute Gasteiger partial charge is 0.347 e. The van der Waals surface area contributed by atoms with Crippen molar-refractivity contribution in [3.05, 3.63) is 34.9 Å². The van der Waals surface area contributed by atoms with Crippen LogP contribution in [0.25, 0.3) is 0 Å². The number of nitrogens with one attached hydrogen (secondary N) is 1. The Morgan fingerprint density at radius 2 is 2.16 bits per heavy atom. The summed E-state index contributed by atoms with van der Waals surface area (Å²) in [5.41, 5.74) is 7.90. The van der Waals surface area contributed by atoms with Gasteiger partial charge in [-0.1, -0.05) is 11.8 Å². The summed E-state index contributed by atoms with van der Waals surface area (Å²) in [5.74, 6) is 5.78. The Bertz CT molecular complexity index is 548. The highest BCUT2D eigenvalue weighted by molar-refractivity contribution is 5.95. The van der Waals surface area contributed by atoms with Crippen molar-refractivity contribution < 1.29 is 4.79 Å². The molecule has 1 aliphatic carbocycles. The zero-order chi connectivity index (χ0) is 13.9. The lowest BCUT2D eigenvalue weighted by atomic mass is 9.78. The summed E-state index contributed by atoms with van der Waals surface area (Å²) in [6.07, 6.45) is 3.31. The van der Waals surface area contributed by atoms with E-state index in [1.54, 1.807) is 0 Å². The molecule has 0 unspecified atom stereocenters. The second-order valence-electron chi connectivity index (χ2n) is 5.46. The first-order chi connectivity index (χ1) is 9.02. The molecule has 0 saturated heterocycles. The normalized spacial score (nSPS) is 15.9. The Kier molecular flexibility index (Phi) is 3.92. The van der Waals surface area contributed by atoms with Gasteiger partial charge in [0.2, 0.25) is 0 Å². The van der Waals surface area contributed by atoms with Gasteiger partial charge < -0.3 is 11.1 Å². The quantitative estimate of drug-likeness (QED) is 0.795. The minimum Gasteiger partial charge on any atom is -0.347 e. The average Bonchev–Trinajstić information content (AvgIpc) is 2.33. The number of carbonyl (C=O) groups excluding carboxylic acids is 1. The maximum Gasteiger partial charge on any atom is 0.251 e. The molecule has 0 atom stereocenters. The molecule has 0 heterocycles. The summed E-state index contributed by atoms with van der Waals surface area (Å²) in [6.45, 7) is 4.39. The van der Waals surface area contributed by atoms with Gasteiger partial charge >= 0.3 is 0 Å². The summed E-state index contributed by atoms with van der Waals surface area (Å²) >= 11 is 0. The molecule has 1 fully saturated rings. The zero-order valence-corrected chi connectivity index (χ0v) is 11.5. The number of aryl methyl sites for hydroxylation is 1. The lowest BCUT2D eigenvalue weighted by Crippen LogP contribution is -2.50. The fourth-order valence-electron chi connectivity index (χ4n) is 2.32. The summed E-state index contributed by atoms with van der Waals surface area (Å²) < 4.78 is 0. The first kappa shape index (κ1) is 13.6. The maximum atomic E-state index is 12.2. The molecule has 3 nitrogen and oxygen atoms in total. The van der Waals surface area contributed by atoms with Gasteiger partial charge in [-0.15, -0.1) is 0 Å². The Morgan fingerprint density at radius 3 is 2.74 bits per heavy atom. The van der Waals surface area contributed by atoms with Gasteiger partial charge in [0.15, 0.2) is 0 Å². The fraction of sp³-hybridized carbons (Fsp3) is 0.438. The number of hydrogen-bond acceptors (Lipinski definition) is 2. The Hall–Kier alpha value is -1.79. The van der Waals surface area contributed by atoms with E-state index in [0.29, 0.717) is 12.1 Å². The van der Waals surface area contributed by atoms with Crippen LogP contribution in [0.4, 0.5) is 0 Å². The van der Waals surface area contributed by atoms with Crippen molar-refractivity contribution in [1.82, 2.24) is 5.32 Å². The van der Waals surface area contributed by atoms with Crippen molar-refractivity contribution in [3.8, 4) is 11.8 Å². The van der Waals surface area contributed by atoms with Crippen LogP contribution in [0.15, 0.2) is 18.2 Å². The lowest BCUT2D eigenvalue weighted by Gasteiger charge is -2.39. The summed E-state index contributed by atoms with van der Waals surface area (Å²) in [7, 11) is 0. The zero-order valence-electron chi connectivity index (χ0n) is 11.5.